The Kier molecular flexibility index (Phi) is 8.02. The number of fused-ring (bicyclic) bond motifs is 3. The summed E-state index contributed by atoms with van der Waals surface area (Å²) in [5.41, 5.74) is 2.60. The Balaban J connectivity index is 1.24. The fourth-order valence-electron chi connectivity index (χ4n) is 8.57. The van der Waals surface area contributed by atoms with E-state index < -0.39 is 5.60 Å². The number of piperidine rings is 1. The van der Waals surface area contributed by atoms with Crippen LogP contribution in [0.4, 0.5) is 15.9 Å². The lowest BCUT2D eigenvalue weighted by Crippen LogP contribution is -2.48. The highest BCUT2D eigenvalue weighted by Crippen LogP contribution is 2.43. The number of β-amino-alcohol motifs (C(OH)–C–C–N with tert-alkyl or cyclic N) is 1. The molecule has 242 valence electrons. The lowest BCUT2D eigenvalue weighted by atomic mass is 9.94. The van der Waals surface area contributed by atoms with Crippen LogP contribution in [0, 0.1) is 5.82 Å². The van der Waals surface area contributed by atoms with Crippen LogP contribution in [-0.4, -0.2) is 88.8 Å². The Labute approximate surface area is 265 Å². The Morgan fingerprint density at radius 1 is 1.07 bits per heavy atom. The fraction of sp³-hybridized carbons (Fsp3) is 0.600. The van der Waals surface area contributed by atoms with Crippen LogP contribution in [0.1, 0.15) is 69.2 Å². The zero-order chi connectivity index (χ0) is 31.3. The van der Waals surface area contributed by atoms with Crippen LogP contribution in [0.15, 0.2) is 24.3 Å². The van der Waals surface area contributed by atoms with E-state index in [9.17, 15) is 14.6 Å². The minimum absolute atomic E-state index is 0.0233. The summed E-state index contributed by atoms with van der Waals surface area (Å²) in [5, 5.41) is 23.3. The number of hydrogen-bond donors (Lipinski definition) is 2. The molecule has 0 bridgehead atoms. The molecule has 2 N–H and O–H groups in total. The number of benzene rings is 2. The second kappa shape index (κ2) is 11.9. The third-order valence-corrected chi connectivity index (χ3v) is 10.7. The van der Waals surface area contributed by atoms with E-state index >= 15 is 0 Å². The Morgan fingerprint density at radius 3 is 2.71 bits per heavy atom. The maximum atomic E-state index is 15.0. The first-order valence-electron chi connectivity index (χ1n) is 16.6. The quantitative estimate of drug-likeness (QED) is 0.362. The molecular weight excluding hydrogens is 573 g/mol. The summed E-state index contributed by atoms with van der Waals surface area (Å²) in [5.74, 6) is 0.774. The van der Waals surface area contributed by atoms with Crippen LogP contribution in [0.5, 0.6) is 11.8 Å². The molecule has 0 aliphatic carbocycles. The molecule has 5 heterocycles. The number of aromatic hydroxyl groups is 1. The largest absolute Gasteiger partial charge is 0.508 e. The number of nitrogens with zero attached hydrogens (tertiary/aromatic N) is 5. The monoisotopic (exact) mass is 619 g/mol. The van der Waals surface area contributed by atoms with Crippen LogP contribution in [0.3, 0.4) is 0 Å². The molecule has 7 rings (SSSR count). The molecule has 0 spiro atoms. The average Bonchev–Trinajstić information content (AvgIpc) is 3.58. The minimum Gasteiger partial charge on any atom is -0.508 e. The maximum Gasteiger partial charge on any atom is 0.318 e. The number of rotatable bonds is 8. The number of halogens is 1. The summed E-state index contributed by atoms with van der Waals surface area (Å²) in [6, 6.07) is 7.46. The number of phenols is 1. The number of phenolic OH excluding ortho intramolecular Hbond substituents is 1. The molecule has 4 aliphatic heterocycles. The number of aliphatic hydroxyl groups is 1. The fourth-order valence-corrected chi connectivity index (χ4v) is 8.57. The molecule has 4 aliphatic rings. The summed E-state index contributed by atoms with van der Waals surface area (Å²) >= 11 is 0. The van der Waals surface area contributed by atoms with Gasteiger partial charge in [-0.15, -0.1) is 0 Å². The highest BCUT2D eigenvalue weighted by atomic mass is 19.1. The van der Waals surface area contributed by atoms with Crippen molar-refractivity contribution in [1.29, 1.82) is 0 Å². The van der Waals surface area contributed by atoms with E-state index in [2.05, 4.69) is 14.7 Å². The van der Waals surface area contributed by atoms with E-state index in [4.69, 9.17) is 19.4 Å². The molecule has 3 fully saturated rings. The molecule has 0 radical (unpaired) electrons. The van der Waals surface area contributed by atoms with Gasteiger partial charge in [-0.1, -0.05) is 13.0 Å². The maximum absolute atomic E-state index is 15.0. The van der Waals surface area contributed by atoms with Gasteiger partial charge >= 0.3 is 6.01 Å². The summed E-state index contributed by atoms with van der Waals surface area (Å²) in [6.07, 6.45) is 7.29. The zero-order valence-corrected chi connectivity index (χ0v) is 26.8. The van der Waals surface area contributed by atoms with E-state index in [1.165, 1.54) is 6.07 Å². The predicted molar refractivity (Wildman–Crippen MR) is 173 cm³/mol. The van der Waals surface area contributed by atoms with Gasteiger partial charge in [-0.3, -0.25) is 4.90 Å². The first kappa shape index (κ1) is 30.4. The van der Waals surface area contributed by atoms with Crippen LogP contribution < -0.4 is 14.5 Å². The van der Waals surface area contributed by atoms with E-state index in [-0.39, 0.29) is 17.1 Å². The van der Waals surface area contributed by atoms with Crippen molar-refractivity contribution in [3.8, 4) is 11.8 Å². The number of aryl methyl sites for hydroxylation is 1. The summed E-state index contributed by atoms with van der Waals surface area (Å²) in [7, 11) is 1.77. The normalized spacial score (nSPS) is 26.8. The lowest BCUT2D eigenvalue weighted by Gasteiger charge is -2.40. The van der Waals surface area contributed by atoms with Crippen molar-refractivity contribution in [1.82, 2.24) is 14.9 Å². The minimum atomic E-state index is -0.789. The molecule has 1 unspecified atom stereocenters. The molecule has 0 saturated carbocycles. The number of methoxy groups -OCH3 is 1. The highest BCUT2D eigenvalue weighted by molar-refractivity contribution is 5.98. The molecule has 3 aromatic rings. The van der Waals surface area contributed by atoms with Gasteiger partial charge < -0.3 is 29.5 Å². The van der Waals surface area contributed by atoms with Crippen molar-refractivity contribution in [3.63, 3.8) is 0 Å². The van der Waals surface area contributed by atoms with Gasteiger partial charge in [-0.25, -0.2) is 4.39 Å². The molecule has 9 nitrogen and oxygen atoms in total. The number of hydrogen-bond acceptors (Lipinski definition) is 9. The predicted octanol–water partition coefficient (Wildman–Crippen LogP) is 4.97. The molecule has 45 heavy (non-hydrogen) atoms. The lowest BCUT2D eigenvalue weighted by molar-refractivity contribution is 0.0443. The SMILES string of the molecule is CCc1c(F)ccc2cc(O)cc(N3CCc4c(nc(OC[C@@]56CCCN5[C@H](COC)CC6)nc4N4CCCC(C)(O)C4)C3)c12. The Hall–Kier alpha value is -3.21. The summed E-state index contributed by atoms with van der Waals surface area (Å²) < 4.78 is 27.1. The number of anilines is 2. The molecule has 0 amide bonds. The van der Waals surface area contributed by atoms with Gasteiger partial charge in [-0.2, -0.15) is 9.97 Å². The van der Waals surface area contributed by atoms with Gasteiger partial charge in [0.2, 0.25) is 0 Å². The Morgan fingerprint density at radius 2 is 1.91 bits per heavy atom. The van der Waals surface area contributed by atoms with Crippen LogP contribution in [0.2, 0.25) is 0 Å². The van der Waals surface area contributed by atoms with Crippen molar-refractivity contribution >= 4 is 22.3 Å². The second-order valence-corrected chi connectivity index (χ2v) is 13.8. The van der Waals surface area contributed by atoms with Crippen molar-refractivity contribution in [3.05, 3.63) is 46.9 Å². The molecular formula is C35H46FN5O4. The topological polar surface area (TPSA) is 94.4 Å². The molecule has 10 heteroatoms. The van der Waals surface area contributed by atoms with E-state index in [1.807, 2.05) is 13.8 Å². The number of ether oxygens (including phenoxy) is 2. The molecule has 2 aromatic carbocycles. The van der Waals surface area contributed by atoms with Gasteiger partial charge in [0.05, 0.1) is 30.0 Å². The van der Waals surface area contributed by atoms with Gasteiger partial charge in [0.25, 0.3) is 0 Å². The van der Waals surface area contributed by atoms with Crippen molar-refractivity contribution in [2.45, 2.75) is 88.9 Å². The van der Waals surface area contributed by atoms with Crippen LogP contribution >= 0.6 is 0 Å². The summed E-state index contributed by atoms with van der Waals surface area (Å²) in [6.45, 7) is 8.66. The third-order valence-electron chi connectivity index (χ3n) is 10.7. The van der Waals surface area contributed by atoms with Gasteiger partial charge in [0.15, 0.2) is 0 Å². The average molecular weight is 620 g/mol. The first-order chi connectivity index (χ1) is 21.7. The van der Waals surface area contributed by atoms with Crippen molar-refractivity contribution in [2.24, 2.45) is 0 Å². The van der Waals surface area contributed by atoms with Crippen molar-refractivity contribution in [2.75, 3.05) is 56.3 Å². The first-order valence-corrected chi connectivity index (χ1v) is 16.6. The molecule has 3 saturated heterocycles. The standard InChI is InChI=1S/C35H46FN5O4/c1-4-26-28(36)8-7-23-17-25(42)18-30(31(23)26)39-16-10-27-29(19-39)37-33(38-32(27)40-14-5-11-34(2,43)21-40)45-22-35-12-6-15-41(35)24(9-13-35)20-44-3/h7-8,17-18,24,42-43H,4-6,9-16,19-22H2,1-3H3/t24-,34?,35-/m0/s1. The third kappa shape index (κ3) is 5.59. The second-order valence-electron chi connectivity index (χ2n) is 13.8. The molecule has 3 atom stereocenters. The van der Waals surface area contributed by atoms with Gasteiger partial charge in [0, 0.05) is 55.5 Å². The van der Waals surface area contributed by atoms with E-state index in [0.29, 0.717) is 56.7 Å². The van der Waals surface area contributed by atoms with Crippen LogP contribution in [-0.2, 0) is 24.1 Å². The highest BCUT2D eigenvalue weighted by Gasteiger charge is 2.50. The van der Waals surface area contributed by atoms with E-state index in [0.717, 1.165) is 91.8 Å². The van der Waals surface area contributed by atoms with Gasteiger partial charge in [-0.05, 0) is 87.9 Å². The number of aromatic nitrogens is 2. The van der Waals surface area contributed by atoms with Gasteiger partial charge in [0.1, 0.15) is 24.0 Å². The van der Waals surface area contributed by atoms with E-state index in [1.54, 1.807) is 25.3 Å². The van der Waals surface area contributed by atoms with Crippen molar-refractivity contribution < 1.29 is 24.1 Å². The smallest absolute Gasteiger partial charge is 0.318 e. The summed E-state index contributed by atoms with van der Waals surface area (Å²) in [4.78, 5) is 17.0. The molecule has 1 aromatic heterocycles. The van der Waals surface area contributed by atoms with Crippen LogP contribution in [0.25, 0.3) is 10.8 Å². The zero-order valence-electron chi connectivity index (χ0n) is 26.8. The Bertz CT molecular complexity index is 1580.